The van der Waals surface area contributed by atoms with Crippen molar-refractivity contribution in [1.29, 1.82) is 0 Å². The molecule has 2 aromatic rings. The number of nitrogens with zero attached hydrogens (tertiary/aromatic N) is 1. The van der Waals surface area contributed by atoms with Gasteiger partial charge in [-0.25, -0.2) is 0 Å². The Hall–Kier alpha value is -3.06. The van der Waals surface area contributed by atoms with Crippen molar-refractivity contribution in [2.45, 2.75) is 51.0 Å². The molecule has 0 aromatic heterocycles. The number of methoxy groups -OCH3 is 2. The highest BCUT2D eigenvalue weighted by molar-refractivity contribution is 7.80. The van der Waals surface area contributed by atoms with Gasteiger partial charge in [0.05, 0.1) is 25.6 Å². The predicted octanol–water partition coefficient (Wildman–Crippen LogP) is 6.56. The first-order valence-corrected chi connectivity index (χ1v) is 12.3. The van der Waals surface area contributed by atoms with Crippen molar-refractivity contribution in [2.75, 3.05) is 38.0 Å². The molecular weight excluding hydrogens is 458 g/mol. The van der Waals surface area contributed by atoms with Crippen molar-refractivity contribution in [3.8, 4) is 11.5 Å². The van der Waals surface area contributed by atoms with Gasteiger partial charge in [-0.15, -0.1) is 12.6 Å². The van der Waals surface area contributed by atoms with Gasteiger partial charge in [-0.05, 0) is 56.2 Å². The summed E-state index contributed by atoms with van der Waals surface area (Å²) in [6.45, 7) is 12.5. The van der Waals surface area contributed by atoms with E-state index in [1.54, 1.807) is 38.5 Å². The molecule has 0 aliphatic carbocycles. The second-order valence-corrected chi connectivity index (χ2v) is 8.55. The van der Waals surface area contributed by atoms with Gasteiger partial charge >= 0.3 is 0 Å². The number of benzene rings is 2. The van der Waals surface area contributed by atoms with E-state index in [4.69, 9.17) is 9.47 Å². The van der Waals surface area contributed by atoms with E-state index < -0.39 is 0 Å². The first-order chi connectivity index (χ1) is 16.7. The number of anilines is 2. The number of carbonyl (C=O) groups is 1. The van der Waals surface area contributed by atoms with Gasteiger partial charge < -0.3 is 25.0 Å². The Morgan fingerprint density at radius 1 is 1.14 bits per heavy atom. The number of ether oxygens (including phenoxy) is 2. The smallest absolute Gasteiger partial charge is 0.251 e. The molecule has 0 bridgehead atoms. The average Bonchev–Trinajstić information content (AvgIpc) is 2.88. The van der Waals surface area contributed by atoms with Crippen molar-refractivity contribution >= 4 is 29.9 Å². The van der Waals surface area contributed by atoms with E-state index in [0.29, 0.717) is 23.6 Å². The van der Waals surface area contributed by atoms with Gasteiger partial charge in [0.25, 0.3) is 5.91 Å². The third-order valence-electron chi connectivity index (χ3n) is 5.60. The third kappa shape index (κ3) is 9.25. The van der Waals surface area contributed by atoms with Gasteiger partial charge in [0.2, 0.25) is 0 Å². The summed E-state index contributed by atoms with van der Waals surface area (Å²) in [6, 6.07) is 11.2. The number of rotatable bonds is 12. The van der Waals surface area contributed by atoms with E-state index in [1.807, 2.05) is 56.3 Å². The maximum absolute atomic E-state index is 12.7. The van der Waals surface area contributed by atoms with Crippen LogP contribution in [0, 0.1) is 0 Å². The van der Waals surface area contributed by atoms with Crippen LogP contribution in [-0.4, -0.2) is 39.3 Å². The minimum Gasteiger partial charge on any atom is -0.497 e. The number of allylic oxidation sites excluding steroid dienone is 2. The maximum Gasteiger partial charge on any atom is 0.251 e. The van der Waals surface area contributed by atoms with E-state index >= 15 is 0 Å². The van der Waals surface area contributed by atoms with Crippen LogP contribution in [-0.2, 0) is 0 Å². The Bertz CT molecular complexity index is 971. The van der Waals surface area contributed by atoms with Crippen molar-refractivity contribution < 1.29 is 14.3 Å². The zero-order valence-electron chi connectivity index (χ0n) is 22.1. The minimum absolute atomic E-state index is 0.167. The van der Waals surface area contributed by atoms with E-state index in [-0.39, 0.29) is 11.4 Å². The lowest BCUT2D eigenvalue weighted by Gasteiger charge is -2.33. The molecule has 2 N–H and O–H groups in total. The second kappa shape index (κ2) is 15.0. The van der Waals surface area contributed by atoms with Gasteiger partial charge in [0.15, 0.2) is 0 Å². The molecule has 0 aliphatic rings. The molecule has 7 heteroatoms. The largest absolute Gasteiger partial charge is 0.497 e. The molecule has 1 amide bonds. The molecule has 35 heavy (non-hydrogen) atoms. The summed E-state index contributed by atoms with van der Waals surface area (Å²) in [4.78, 5) is 15.6. The normalized spacial score (nSPS) is 12.1. The number of hydrogen-bond acceptors (Lipinski definition) is 6. The Kier molecular flexibility index (Phi) is 12.9. The number of hydrogen-bond donors (Lipinski definition) is 3. The monoisotopic (exact) mass is 499 g/mol. The number of amides is 1. The zero-order valence-corrected chi connectivity index (χ0v) is 23.0. The predicted molar refractivity (Wildman–Crippen MR) is 152 cm³/mol. The summed E-state index contributed by atoms with van der Waals surface area (Å²) < 4.78 is 10.5. The minimum atomic E-state index is -0.227. The van der Waals surface area contributed by atoms with Gasteiger partial charge in [0.1, 0.15) is 11.5 Å². The molecule has 0 fully saturated rings. The molecule has 2 aromatic carbocycles. The average molecular weight is 500 g/mol. The summed E-state index contributed by atoms with van der Waals surface area (Å²) >= 11 is 4.50. The van der Waals surface area contributed by atoms with Crippen molar-refractivity contribution in [2.24, 2.45) is 0 Å². The van der Waals surface area contributed by atoms with E-state index in [2.05, 4.69) is 43.7 Å². The van der Waals surface area contributed by atoms with Crippen molar-refractivity contribution in [1.82, 2.24) is 5.32 Å². The van der Waals surface area contributed by atoms with Crippen LogP contribution in [0.2, 0.25) is 0 Å². The molecule has 0 radical (unpaired) electrons. The van der Waals surface area contributed by atoms with Crippen LogP contribution in [0.4, 0.5) is 11.4 Å². The fourth-order valence-corrected chi connectivity index (χ4v) is 3.53. The Balaban J connectivity index is 0.00000298. The molecule has 0 saturated carbocycles. The fourth-order valence-electron chi connectivity index (χ4n) is 3.33. The van der Waals surface area contributed by atoms with Crippen LogP contribution < -0.4 is 25.0 Å². The molecule has 0 saturated heterocycles. The van der Waals surface area contributed by atoms with Crippen LogP contribution in [0.1, 0.15) is 50.9 Å². The number of nitrogens with one attached hydrogen (secondary N) is 2. The Morgan fingerprint density at radius 2 is 1.77 bits per heavy atom. The summed E-state index contributed by atoms with van der Waals surface area (Å²) in [5, 5.41) is 6.70. The summed E-state index contributed by atoms with van der Waals surface area (Å²) in [5.41, 5.74) is 2.28. The molecule has 0 heterocycles. The van der Waals surface area contributed by atoms with Crippen molar-refractivity contribution in [3.63, 3.8) is 0 Å². The molecule has 1 unspecified atom stereocenters. The highest BCUT2D eigenvalue weighted by Gasteiger charge is 2.24. The lowest BCUT2D eigenvalue weighted by molar-refractivity contribution is 0.0950. The Morgan fingerprint density at radius 3 is 2.31 bits per heavy atom. The standard InChI is InChI=1S/C26H35N3O3S.C2H6/c1-7-9-14-29(4)24-18-22(33)10-11-23(24)28-26(3,8-2)12-13-27-25(30)19-15-20(31-5)17-21(16-19)32-6;1-2/h7,9-11,14-18,28,33H,1,8,12-13H2,2-6H3,(H,27,30);1-2H3/b14-9-;. The summed E-state index contributed by atoms with van der Waals surface area (Å²) in [6.07, 6.45) is 7.20. The molecule has 0 aliphatic heterocycles. The van der Waals surface area contributed by atoms with Crippen LogP contribution in [0.15, 0.2) is 66.2 Å². The third-order valence-corrected chi connectivity index (χ3v) is 5.88. The zero-order chi connectivity index (χ0) is 26.4. The summed E-state index contributed by atoms with van der Waals surface area (Å²) in [5.74, 6) is 0.990. The first kappa shape index (κ1) is 30.0. The van der Waals surface area contributed by atoms with Gasteiger partial charge in [-0.1, -0.05) is 33.4 Å². The Labute approximate surface area is 216 Å². The van der Waals surface area contributed by atoms with Crippen LogP contribution in [0.25, 0.3) is 0 Å². The molecule has 192 valence electrons. The van der Waals surface area contributed by atoms with Crippen LogP contribution in [0.5, 0.6) is 11.5 Å². The number of carbonyl (C=O) groups excluding carboxylic acids is 1. The van der Waals surface area contributed by atoms with Gasteiger partial charge in [0, 0.05) is 41.9 Å². The summed E-state index contributed by atoms with van der Waals surface area (Å²) in [7, 11) is 5.11. The van der Waals surface area contributed by atoms with Gasteiger partial charge in [-0.2, -0.15) is 0 Å². The van der Waals surface area contributed by atoms with Gasteiger partial charge in [-0.3, -0.25) is 4.79 Å². The van der Waals surface area contributed by atoms with E-state index in [9.17, 15) is 4.79 Å². The second-order valence-electron chi connectivity index (χ2n) is 8.04. The fraction of sp³-hybridized carbons (Fsp3) is 0.393. The lowest BCUT2D eigenvalue weighted by atomic mass is 9.93. The SMILES string of the molecule is C=C/C=C\N(C)c1cc(S)ccc1NC(C)(CC)CCNC(=O)c1cc(OC)cc(OC)c1.CC. The molecular formula is C28H41N3O3S. The molecule has 2 rings (SSSR count). The lowest BCUT2D eigenvalue weighted by Crippen LogP contribution is -2.39. The van der Waals surface area contributed by atoms with Crippen LogP contribution in [0.3, 0.4) is 0 Å². The maximum atomic E-state index is 12.7. The van der Waals surface area contributed by atoms with E-state index in [0.717, 1.165) is 29.1 Å². The topological polar surface area (TPSA) is 62.8 Å². The molecule has 6 nitrogen and oxygen atoms in total. The number of thiol groups is 1. The highest BCUT2D eigenvalue weighted by atomic mass is 32.1. The van der Waals surface area contributed by atoms with Crippen LogP contribution >= 0.6 is 12.6 Å². The first-order valence-electron chi connectivity index (χ1n) is 11.9. The molecule has 1 atom stereocenters. The highest BCUT2D eigenvalue weighted by Crippen LogP contribution is 2.32. The molecule has 0 spiro atoms. The quantitative estimate of drug-likeness (QED) is 0.228. The van der Waals surface area contributed by atoms with Crippen molar-refractivity contribution in [3.05, 3.63) is 66.9 Å². The van der Waals surface area contributed by atoms with E-state index in [1.165, 1.54) is 0 Å².